The Balaban J connectivity index is 0.000000143. The summed E-state index contributed by atoms with van der Waals surface area (Å²) in [5.41, 5.74) is 14.0. The maximum atomic E-state index is 15.6. The Morgan fingerprint density at radius 2 is 0.746 bits per heavy atom. The van der Waals surface area contributed by atoms with Crippen LogP contribution in [0, 0.1) is 46.5 Å². The number of fused-ring (bicyclic) bond motifs is 8. The first-order valence-corrected chi connectivity index (χ1v) is 46.2. The van der Waals surface area contributed by atoms with Crippen molar-refractivity contribution in [3.63, 3.8) is 0 Å². The normalized spacial score (nSPS) is 12.9. The van der Waals surface area contributed by atoms with Crippen LogP contribution in [-0.2, 0) is 54.5 Å². The molecule has 2 aliphatic heterocycles. The fraction of sp³-hybridized carbons (Fsp3) is 0.327. The summed E-state index contributed by atoms with van der Waals surface area (Å²) >= 11 is 0. The molecule has 2 aliphatic rings. The zero-order valence-corrected chi connectivity index (χ0v) is 82.3. The minimum absolute atomic E-state index is 0.0175. The van der Waals surface area contributed by atoms with E-state index in [9.17, 15) is 10.2 Å². The molecular formula is C104H114F8N22O8. The van der Waals surface area contributed by atoms with E-state index in [0.29, 0.717) is 115 Å². The monoisotopic (exact) mass is 1950 g/mol. The first kappa shape index (κ1) is 102. The molecule has 10 heterocycles. The van der Waals surface area contributed by atoms with Gasteiger partial charge in [-0.3, -0.25) is 48.5 Å². The minimum atomic E-state index is -0.814. The molecule has 0 aliphatic carbocycles. The number of nitrogens with one attached hydrogen (secondary N) is 2. The summed E-state index contributed by atoms with van der Waals surface area (Å²) in [5.74, 6) is -7.07. The van der Waals surface area contributed by atoms with E-state index in [0.717, 1.165) is 66.3 Å². The minimum Gasteiger partial charge on any atom is -0.494 e. The summed E-state index contributed by atoms with van der Waals surface area (Å²) < 4.78 is 162. The number of pyridine rings is 2. The second-order valence-corrected chi connectivity index (χ2v) is 35.4. The number of aromatic nitrogens is 14. The van der Waals surface area contributed by atoms with E-state index >= 15 is 35.1 Å². The second kappa shape index (κ2) is 44.4. The summed E-state index contributed by atoms with van der Waals surface area (Å²) in [6.45, 7) is 19.8. The van der Waals surface area contributed by atoms with E-state index in [4.69, 9.17) is 38.4 Å². The van der Waals surface area contributed by atoms with Crippen LogP contribution in [0.5, 0.6) is 34.5 Å². The molecule has 744 valence electrons. The van der Waals surface area contributed by atoms with Gasteiger partial charge in [0, 0.05) is 251 Å². The van der Waals surface area contributed by atoms with Crippen LogP contribution in [-0.4, -0.2) is 208 Å². The fourth-order valence-corrected chi connectivity index (χ4v) is 17.3. The van der Waals surface area contributed by atoms with Gasteiger partial charge in [0.2, 0.25) is 0 Å². The van der Waals surface area contributed by atoms with Crippen molar-refractivity contribution in [3.05, 3.63) is 240 Å². The van der Waals surface area contributed by atoms with Gasteiger partial charge in [0.25, 0.3) is 0 Å². The number of anilines is 8. The van der Waals surface area contributed by atoms with Gasteiger partial charge in [-0.25, -0.2) is 45.1 Å². The highest BCUT2D eigenvalue weighted by Gasteiger charge is 2.36. The standard InChI is InChI=1S/C27H29F2N5O2.C26H28F2N6O2.C26H29F2N5O2.C25H28F2N6O2/c1-16(2)33-7-8-34(27-25(28)18(15-35)10-24(36-4)26(27)29)23-6-5-22-20(21(23)14-33)9-17(11-30-22)19-12-31-32(3)13-19;1-15(2)33-7-8-34(26-23(27)16(14-35)9-22(36-4)24(26)28)21-6-5-19-25(18(21)13-33)31-20(11-29-19)17-10-30-32(3)12-17;1-16(2)29-8-9-33(26-24(27)22(34-4)12-23(35-5)25(26)28)20-6-7-21-17(11-20)10-18(13-30-21)19-14-31-32(3)15-19;1-15(2)28-8-9-33(25-23(26)21(34-4)11-22(35-5)24(25)27)17-6-7-18-19(10-17)31-20(13-29-18)16-12-30-32(3)14-16/h5-6,9-13,16,35H,7-8,14-15H2,1-4H3;5-6,9-12,15,35H,7-8,13-14H2,1-4H3;6-7,10-16,29H,8-9H2,1-5H3;6-7,10-15,28H,8-9H2,1-5H3. The maximum Gasteiger partial charge on any atom is 0.191 e. The molecule has 8 aromatic carbocycles. The summed E-state index contributed by atoms with van der Waals surface area (Å²) in [7, 11) is 15.4. The average Bonchev–Trinajstić information content (AvgIpc) is 1.48. The average molecular weight is 1950 g/mol. The number of nitrogens with zero attached hydrogens (tertiary/aromatic N) is 20. The quantitative estimate of drug-likeness (QED) is 0.0331. The highest BCUT2D eigenvalue weighted by molar-refractivity contribution is 5.94. The Bertz CT molecular complexity index is 6710. The summed E-state index contributed by atoms with van der Waals surface area (Å²) in [5, 5.41) is 44.7. The molecule has 0 saturated carbocycles. The number of hydrogen-bond acceptors (Lipinski definition) is 26. The molecular weight excluding hydrogens is 1840 g/mol. The maximum absolute atomic E-state index is 15.6. The fourth-order valence-electron chi connectivity index (χ4n) is 17.3. The van der Waals surface area contributed by atoms with E-state index in [-0.39, 0.29) is 99.1 Å². The molecule has 0 spiro atoms. The molecule has 0 bridgehead atoms. The SMILES string of the molecule is COc1cc(CO)c(F)c(N2CCN(C(C)C)Cc3c2ccc2ncc(-c4cnn(C)c4)cc32)c1F.COc1cc(CO)c(F)c(N2CCN(C(C)C)Cc3c2ccc2ncc(-c4cnn(C)c4)nc32)c1F.COc1cc(OC)c(F)c(N(CCNC(C)C)c2ccc3ncc(-c4cnn(C)c4)cc3c2)c1F.COc1cc(OC)c(F)c(N(CCNC(C)C)c2ccc3ncc(-c4cnn(C)c4)nc3c2)c1F. The molecule has 16 aromatic rings. The molecule has 0 saturated heterocycles. The third-order valence-electron chi connectivity index (χ3n) is 24.8. The predicted molar refractivity (Wildman–Crippen MR) is 533 cm³/mol. The summed E-state index contributed by atoms with van der Waals surface area (Å²) in [6, 6.07) is 27.9. The number of rotatable bonds is 28. The van der Waals surface area contributed by atoms with Crippen LogP contribution in [0.15, 0.2) is 171 Å². The van der Waals surface area contributed by atoms with Gasteiger partial charge < -0.3 is 68.9 Å². The Labute approximate surface area is 816 Å². The molecule has 0 radical (unpaired) electrons. The molecule has 4 N–H and O–H groups in total. The Kier molecular flexibility index (Phi) is 31.8. The number of aliphatic hydroxyl groups is 2. The van der Waals surface area contributed by atoms with E-state index in [1.54, 1.807) is 106 Å². The molecule has 0 fully saturated rings. The van der Waals surface area contributed by atoms with Crippen LogP contribution in [0.4, 0.5) is 80.6 Å². The van der Waals surface area contributed by atoms with Crippen LogP contribution < -0.4 is 58.7 Å². The number of benzene rings is 8. The zero-order chi connectivity index (χ0) is 101. The zero-order valence-electron chi connectivity index (χ0n) is 82.3. The van der Waals surface area contributed by atoms with Gasteiger partial charge in [-0.05, 0) is 118 Å². The van der Waals surface area contributed by atoms with Crippen molar-refractivity contribution >= 4 is 89.4 Å². The Morgan fingerprint density at radius 1 is 0.366 bits per heavy atom. The topological polar surface area (TPSA) is 288 Å². The van der Waals surface area contributed by atoms with Gasteiger partial charge in [0.1, 0.15) is 22.7 Å². The largest absolute Gasteiger partial charge is 0.494 e. The lowest BCUT2D eigenvalue weighted by Gasteiger charge is -2.28. The van der Waals surface area contributed by atoms with Crippen LogP contribution in [0.2, 0.25) is 0 Å². The van der Waals surface area contributed by atoms with Gasteiger partial charge in [-0.2, -0.15) is 20.4 Å². The van der Waals surface area contributed by atoms with Crippen LogP contribution >= 0.6 is 0 Å². The van der Waals surface area contributed by atoms with Crippen LogP contribution in [0.3, 0.4) is 0 Å². The lowest BCUT2D eigenvalue weighted by molar-refractivity contribution is 0.224. The van der Waals surface area contributed by atoms with Gasteiger partial charge in [-0.1, -0.05) is 27.7 Å². The molecule has 0 unspecified atom stereocenters. The molecule has 8 aromatic heterocycles. The van der Waals surface area contributed by atoms with Crippen molar-refractivity contribution in [2.45, 2.75) is 106 Å². The van der Waals surface area contributed by atoms with Crippen molar-refractivity contribution in [3.8, 4) is 79.3 Å². The van der Waals surface area contributed by atoms with E-state index < -0.39 is 59.8 Å². The smallest absolute Gasteiger partial charge is 0.191 e. The second-order valence-electron chi connectivity index (χ2n) is 35.4. The van der Waals surface area contributed by atoms with E-state index in [1.165, 1.54) is 66.9 Å². The molecule has 18 rings (SSSR count). The first-order valence-electron chi connectivity index (χ1n) is 46.2. The Hall–Kier alpha value is -14.7. The number of hydrogen-bond donors (Lipinski definition) is 4. The molecule has 38 heteroatoms. The third kappa shape index (κ3) is 21.6. The van der Waals surface area contributed by atoms with Crippen molar-refractivity contribution in [2.24, 2.45) is 28.2 Å². The van der Waals surface area contributed by atoms with Crippen molar-refractivity contribution in [1.29, 1.82) is 0 Å². The van der Waals surface area contributed by atoms with Crippen LogP contribution in [0.25, 0.3) is 88.6 Å². The van der Waals surface area contributed by atoms with Crippen molar-refractivity contribution in [1.82, 2.24) is 89.5 Å². The predicted octanol–water partition coefficient (Wildman–Crippen LogP) is 18.5. The third-order valence-corrected chi connectivity index (χ3v) is 24.8. The lowest BCUT2D eigenvalue weighted by Crippen LogP contribution is -2.34. The van der Waals surface area contributed by atoms with Gasteiger partial charge in [0.15, 0.2) is 81.0 Å². The molecule has 0 amide bonds. The number of aliphatic hydroxyl groups excluding tert-OH is 2. The van der Waals surface area contributed by atoms with Crippen molar-refractivity contribution in [2.75, 3.05) is 115 Å². The molecule has 0 atom stereocenters. The van der Waals surface area contributed by atoms with Gasteiger partial charge in [0.05, 0.1) is 138 Å². The number of ether oxygens (including phenoxy) is 6. The lowest BCUT2D eigenvalue weighted by atomic mass is 10.0. The molecule has 142 heavy (non-hydrogen) atoms. The number of methoxy groups -OCH3 is 6. The Morgan fingerprint density at radius 3 is 1.18 bits per heavy atom. The summed E-state index contributed by atoms with van der Waals surface area (Å²) in [4.78, 5) is 39.0. The highest BCUT2D eigenvalue weighted by Crippen LogP contribution is 2.48. The van der Waals surface area contributed by atoms with Gasteiger partial charge in [-0.15, -0.1) is 0 Å². The first-order chi connectivity index (χ1) is 68.3. The summed E-state index contributed by atoms with van der Waals surface area (Å²) in [6.07, 6.45) is 21.5. The van der Waals surface area contributed by atoms with E-state index in [2.05, 4.69) is 94.5 Å². The molecule has 30 nitrogen and oxygen atoms in total. The highest BCUT2D eigenvalue weighted by atomic mass is 19.2. The van der Waals surface area contributed by atoms with Gasteiger partial charge >= 0.3 is 0 Å². The van der Waals surface area contributed by atoms with Crippen molar-refractivity contribution < 1.29 is 73.8 Å². The number of halogens is 8. The number of aryl methyl sites for hydroxylation is 4. The van der Waals surface area contributed by atoms with E-state index in [1.807, 2.05) is 129 Å². The van der Waals surface area contributed by atoms with Crippen LogP contribution in [0.1, 0.15) is 77.6 Å².